The molecule has 2 N–H and O–H groups in total. The minimum absolute atomic E-state index is 0.0134. The van der Waals surface area contributed by atoms with Crippen LogP contribution in [-0.2, 0) is 9.59 Å². The summed E-state index contributed by atoms with van der Waals surface area (Å²) < 4.78 is 13.0. The van der Waals surface area contributed by atoms with Crippen LogP contribution < -0.4 is 15.5 Å². The van der Waals surface area contributed by atoms with Crippen molar-refractivity contribution in [2.45, 2.75) is 12.5 Å². The molecule has 2 aromatic rings. The lowest BCUT2D eigenvalue weighted by molar-refractivity contribution is -0.125. The van der Waals surface area contributed by atoms with E-state index < -0.39 is 6.04 Å². The molecular formula is C21H22FN5O2. The van der Waals surface area contributed by atoms with E-state index in [1.54, 1.807) is 0 Å². The summed E-state index contributed by atoms with van der Waals surface area (Å²) in [5.74, 6) is -0.560. The first-order valence-electron chi connectivity index (χ1n) is 9.57. The van der Waals surface area contributed by atoms with Gasteiger partial charge < -0.3 is 15.1 Å². The van der Waals surface area contributed by atoms with Crippen LogP contribution >= 0.6 is 0 Å². The molecule has 4 rings (SSSR count). The van der Waals surface area contributed by atoms with E-state index in [-0.39, 0.29) is 24.1 Å². The molecule has 2 aliphatic rings. The highest BCUT2D eigenvalue weighted by molar-refractivity contribution is 6.06. The second-order valence-electron chi connectivity index (χ2n) is 7.03. The average Bonchev–Trinajstić information content (AvgIpc) is 2.75. The summed E-state index contributed by atoms with van der Waals surface area (Å²) in [4.78, 5) is 33.4. The van der Waals surface area contributed by atoms with Gasteiger partial charge in [0, 0.05) is 37.6 Å². The molecular weight excluding hydrogens is 373 g/mol. The van der Waals surface area contributed by atoms with Crippen molar-refractivity contribution < 1.29 is 14.0 Å². The van der Waals surface area contributed by atoms with Gasteiger partial charge >= 0.3 is 0 Å². The maximum atomic E-state index is 13.0. The number of piperazine rings is 1. The van der Waals surface area contributed by atoms with E-state index in [0.29, 0.717) is 24.7 Å². The highest BCUT2D eigenvalue weighted by Crippen LogP contribution is 2.17. The van der Waals surface area contributed by atoms with E-state index in [4.69, 9.17) is 0 Å². The molecule has 0 aromatic heterocycles. The summed E-state index contributed by atoms with van der Waals surface area (Å²) in [6, 6.07) is 14.8. The van der Waals surface area contributed by atoms with Gasteiger partial charge in [0.25, 0.3) is 0 Å². The van der Waals surface area contributed by atoms with Crippen molar-refractivity contribution in [3.05, 3.63) is 60.4 Å². The number of carbonyl (C=O) groups excluding carboxylic acids is 2. The topological polar surface area (TPSA) is 77.0 Å². The van der Waals surface area contributed by atoms with Crippen molar-refractivity contribution in [2.75, 3.05) is 36.4 Å². The van der Waals surface area contributed by atoms with Gasteiger partial charge in [0.2, 0.25) is 17.8 Å². The fourth-order valence-corrected chi connectivity index (χ4v) is 3.46. The summed E-state index contributed by atoms with van der Waals surface area (Å²) >= 11 is 0. The minimum Gasteiger partial charge on any atom is -0.368 e. The molecule has 2 aromatic carbocycles. The molecule has 0 bridgehead atoms. The van der Waals surface area contributed by atoms with Crippen molar-refractivity contribution in [1.82, 2.24) is 10.2 Å². The third-order valence-corrected chi connectivity index (χ3v) is 5.02. The average molecular weight is 395 g/mol. The van der Waals surface area contributed by atoms with Gasteiger partial charge in [0.05, 0.1) is 6.42 Å². The number of para-hydroxylation sites is 1. The Kier molecular flexibility index (Phi) is 5.41. The van der Waals surface area contributed by atoms with E-state index in [1.807, 2.05) is 23.1 Å². The zero-order valence-corrected chi connectivity index (χ0v) is 15.8. The second-order valence-corrected chi connectivity index (χ2v) is 7.03. The molecule has 150 valence electrons. The molecule has 0 unspecified atom stereocenters. The lowest BCUT2D eigenvalue weighted by Crippen LogP contribution is -2.56. The van der Waals surface area contributed by atoms with Crippen LogP contribution in [0.3, 0.4) is 0 Å². The number of nitrogens with one attached hydrogen (secondary N) is 2. The van der Waals surface area contributed by atoms with E-state index in [9.17, 15) is 14.0 Å². The van der Waals surface area contributed by atoms with Gasteiger partial charge in [-0.2, -0.15) is 0 Å². The predicted molar refractivity (Wildman–Crippen MR) is 109 cm³/mol. The first kappa shape index (κ1) is 18.9. The van der Waals surface area contributed by atoms with E-state index in [0.717, 1.165) is 13.1 Å². The summed E-state index contributed by atoms with van der Waals surface area (Å²) in [7, 11) is 0. The van der Waals surface area contributed by atoms with E-state index in [1.165, 1.54) is 30.0 Å². The number of amides is 2. The maximum Gasteiger partial charge on any atom is 0.249 e. The minimum atomic E-state index is -0.809. The Balaban J connectivity index is 1.40. The molecule has 0 aliphatic carbocycles. The molecule has 0 radical (unpaired) electrons. The number of rotatable bonds is 3. The summed E-state index contributed by atoms with van der Waals surface area (Å²) in [5.41, 5.74) is 1.63. The summed E-state index contributed by atoms with van der Waals surface area (Å²) in [6.07, 6.45) is -0.0134. The smallest absolute Gasteiger partial charge is 0.249 e. The number of guanidine groups is 1. The number of nitrogens with zero attached hydrogens (tertiary/aromatic N) is 3. The molecule has 1 saturated heterocycles. The fourth-order valence-electron chi connectivity index (χ4n) is 3.46. The summed E-state index contributed by atoms with van der Waals surface area (Å²) in [5, 5.41) is 5.48. The monoisotopic (exact) mass is 395 g/mol. The first-order valence-corrected chi connectivity index (χ1v) is 9.57. The third kappa shape index (κ3) is 4.53. The van der Waals surface area contributed by atoms with E-state index in [2.05, 4.69) is 32.7 Å². The van der Waals surface area contributed by atoms with Crippen molar-refractivity contribution in [1.29, 1.82) is 0 Å². The molecule has 8 heteroatoms. The normalized spacial score (nSPS) is 19.4. The summed E-state index contributed by atoms with van der Waals surface area (Å²) in [6.45, 7) is 2.98. The quantitative estimate of drug-likeness (QED) is 0.831. The van der Waals surface area contributed by atoms with Crippen LogP contribution in [0.15, 0.2) is 59.6 Å². The number of halogens is 1. The molecule has 7 nitrogen and oxygen atoms in total. The Morgan fingerprint density at radius 2 is 1.66 bits per heavy atom. The number of benzene rings is 2. The van der Waals surface area contributed by atoms with Gasteiger partial charge in [-0.1, -0.05) is 18.2 Å². The van der Waals surface area contributed by atoms with E-state index >= 15 is 0 Å². The van der Waals surface area contributed by atoms with Crippen molar-refractivity contribution in [3.63, 3.8) is 0 Å². The van der Waals surface area contributed by atoms with Crippen LogP contribution in [0.5, 0.6) is 0 Å². The number of hydrogen-bond donors (Lipinski definition) is 2. The van der Waals surface area contributed by atoms with Gasteiger partial charge in [-0.15, -0.1) is 0 Å². The van der Waals surface area contributed by atoms with Crippen LogP contribution in [-0.4, -0.2) is 54.9 Å². The molecule has 2 aliphatic heterocycles. The zero-order valence-electron chi connectivity index (χ0n) is 15.8. The van der Waals surface area contributed by atoms with Gasteiger partial charge in [-0.05, 0) is 36.4 Å². The first-order chi connectivity index (χ1) is 14.1. The molecule has 2 amide bonds. The van der Waals surface area contributed by atoms with Crippen LogP contribution in [0.4, 0.5) is 15.8 Å². The van der Waals surface area contributed by atoms with Crippen molar-refractivity contribution in [3.8, 4) is 0 Å². The van der Waals surface area contributed by atoms with Crippen LogP contribution in [0.1, 0.15) is 6.42 Å². The predicted octanol–water partition coefficient (Wildman–Crippen LogP) is 1.83. The Hall–Kier alpha value is -3.42. The van der Waals surface area contributed by atoms with Gasteiger partial charge in [-0.25, -0.2) is 9.38 Å². The Morgan fingerprint density at radius 3 is 2.34 bits per heavy atom. The van der Waals surface area contributed by atoms with Gasteiger partial charge in [0.1, 0.15) is 11.9 Å². The molecule has 1 atom stereocenters. The highest BCUT2D eigenvalue weighted by Gasteiger charge is 2.30. The Bertz CT molecular complexity index is 908. The lowest BCUT2D eigenvalue weighted by atomic mass is 10.1. The lowest BCUT2D eigenvalue weighted by Gasteiger charge is -2.38. The van der Waals surface area contributed by atoms with Gasteiger partial charge in [-0.3, -0.25) is 14.9 Å². The molecule has 2 heterocycles. The highest BCUT2D eigenvalue weighted by atomic mass is 19.1. The number of hydrogen-bond acceptors (Lipinski definition) is 5. The molecule has 0 spiro atoms. The molecule has 0 saturated carbocycles. The maximum absolute atomic E-state index is 13.0. The number of carbonyl (C=O) groups is 2. The second kappa shape index (κ2) is 8.30. The number of aliphatic imine (C=N–C) groups is 1. The largest absolute Gasteiger partial charge is 0.368 e. The van der Waals surface area contributed by atoms with Crippen LogP contribution in [0.2, 0.25) is 0 Å². The third-order valence-electron chi connectivity index (χ3n) is 5.02. The van der Waals surface area contributed by atoms with Crippen LogP contribution in [0.25, 0.3) is 0 Å². The Morgan fingerprint density at radius 1 is 1.00 bits per heavy atom. The molecule has 29 heavy (non-hydrogen) atoms. The van der Waals surface area contributed by atoms with Crippen LogP contribution in [0, 0.1) is 5.82 Å². The standard InChI is InChI=1S/C21H22FN5O2/c22-15-6-8-16(9-7-15)23-20(29)18-14-19(28)25-21(24-18)27-12-10-26(11-13-27)17-4-2-1-3-5-17/h1-9,18H,10-14H2,(H,23,29)(H,24,25,28)/t18-/m1/s1. The van der Waals surface area contributed by atoms with Crippen molar-refractivity contribution in [2.24, 2.45) is 4.99 Å². The SMILES string of the molecule is O=C1C[C@H](C(=O)Nc2ccc(F)cc2)N=C(N2CCN(c3ccccc3)CC2)N1. The van der Waals surface area contributed by atoms with Gasteiger partial charge in [0.15, 0.2) is 0 Å². The Labute approximate surface area is 168 Å². The zero-order chi connectivity index (χ0) is 20.2. The molecule has 1 fully saturated rings. The fraction of sp³-hybridized carbons (Fsp3) is 0.286. The number of anilines is 2. The van der Waals surface area contributed by atoms with Crippen molar-refractivity contribution >= 4 is 29.1 Å².